The highest BCUT2D eigenvalue weighted by molar-refractivity contribution is 7.85. The number of carbonyl (C=O) groups is 1. The molecule has 0 aliphatic heterocycles. The van der Waals surface area contributed by atoms with Gasteiger partial charge in [-0.1, -0.05) is 6.08 Å². The Morgan fingerprint density at radius 1 is 1.32 bits per heavy atom. The van der Waals surface area contributed by atoms with Gasteiger partial charge in [-0.15, -0.1) is 0 Å². The molecule has 2 N–H and O–H groups in total. The first-order valence-electron chi connectivity index (χ1n) is 5.73. The van der Waals surface area contributed by atoms with E-state index in [-0.39, 0.29) is 17.2 Å². The Kier molecular flexibility index (Phi) is 9.67. The van der Waals surface area contributed by atoms with Crippen LogP contribution in [-0.4, -0.2) is 68.4 Å². The Morgan fingerprint density at radius 3 is 2.37 bits per heavy atom. The molecule has 0 saturated carbocycles. The summed E-state index contributed by atoms with van der Waals surface area (Å²) in [7, 11) is -0.199. The molecular formula is C11H23NO6S. The molecule has 0 aromatic rings. The SMILES string of the molecule is CC=CC(=O)OCCC[N+](C)(C)CCS(=O)(=O)O.[OH-]. The zero-order valence-electron chi connectivity index (χ0n) is 11.6. The zero-order chi connectivity index (χ0) is 14.2. The number of hydrogen-bond donors (Lipinski definition) is 1. The van der Waals surface area contributed by atoms with Crippen LogP contribution in [-0.2, 0) is 19.6 Å². The molecule has 0 aromatic heterocycles. The van der Waals surface area contributed by atoms with Crippen LogP contribution in [0.1, 0.15) is 13.3 Å². The predicted molar refractivity (Wildman–Crippen MR) is 70.6 cm³/mol. The van der Waals surface area contributed by atoms with Gasteiger partial charge in [0.1, 0.15) is 5.75 Å². The number of rotatable bonds is 8. The second kappa shape index (κ2) is 9.03. The monoisotopic (exact) mass is 297 g/mol. The van der Waals surface area contributed by atoms with Crippen molar-refractivity contribution in [3.8, 4) is 0 Å². The third-order valence-electron chi connectivity index (χ3n) is 2.41. The van der Waals surface area contributed by atoms with Crippen molar-refractivity contribution < 1.29 is 32.5 Å². The fourth-order valence-corrected chi connectivity index (χ4v) is 2.05. The highest BCUT2D eigenvalue weighted by atomic mass is 32.2. The average molecular weight is 297 g/mol. The Hall–Kier alpha value is -0.960. The summed E-state index contributed by atoms with van der Waals surface area (Å²) in [5.41, 5.74) is 0. The van der Waals surface area contributed by atoms with Crippen molar-refractivity contribution in [3.63, 3.8) is 0 Å². The van der Waals surface area contributed by atoms with Gasteiger partial charge in [-0.25, -0.2) is 4.79 Å². The van der Waals surface area contributed by atoms with Gasteiger partial charge in [0.05, 0.1) is 33.8 Å². The van der Waals surface area contributed by atoms with Crippen LogP contribution in [0.2, 0.25) is 0 Å². The molecule has 114 valence electrons. The van der Waals surface area contributed by atoms with E-state index < -0.39 is 10.1 Å². The summed E-state index contributed by atoms with van der Waals surface area (Å²) in [6, 6.07) is 0. The first kappa shape index (κ1) is 20.4. The van der Waals surface area contributed by atoms with Crippen LogP contribution in [0.4, 0.5) is 0 Å². The number of carbonyl (C=O) groups excluding carboxylic acids is 1. The number of hydrogen-bond acceptors (Lipinski definition) is 5. The van der Waals surface area contributed by atoms with E-state index in [1.807, 2.05) is 14.1 Å². The van der Waals surface area contributed by atoms with Crippen molar-refractivity contribution in [2.75, 3.05) is 39.5 Å². The molecule has 0 amide bonds. The summed E-state index contributed by atoms with van der Waals surface area (Å²) in [6.45, 7) is 3.02. The summed E-state index contributed by atoms with van der Waals surface area (Å²) in [4.78, 5) is 11.0. The largest absolute Gasteiger partial charge is 0.870 e. The van der Waals surface area contributed by atoms with Gasteiger partial charge < -0.3 is 14.7 Å². The van der Waals surface area contributed by atoms with E-state index in [0.717, 1.165) is 0 Å². The minimum atomic E-state index is -3.92. The molecule has 0 saturated heterocycles. The fourth-order valence-electron chi connectivity index (χ4n) is 1.32. The number of ether oxygens (including phenoxy) is 1. The quantitative estimate of drug-likeness (QED) is 0.226. The smallest absolute Gasteiger partial charge is 0.330 e. The van der Waals surface area contributed by atoms with Crippen molar-refractivity contribution in [1.29, 1.82) is 0 Å². The molecule has 0 radical (unpaired) electrons. The average Bonchev–Trinajstić information content (AvgIpc) is 2.22. The van der Waals surface area contributed by atoms with E-state index in [1.54, 1.807) is 13.0 Å². The molecular weight excluding hydrogens is 274 g/mol. The molecule has 7 nitrogen and oxygen atoms in total. The molecule has 19 heavy (non-hydrogen) atoms. The van der Waals surface area contributed by atoms with E-state index in [2.05, 4.69) is 0 Å². The van der Waals surface area contributed by atoms with Crippen LogP contribution in [0.5, 0.6) is 0 Å². The molecule has 0 aliphatic rings. The maximum atomic E-state index is 11.0. The lowest BCUT2D eigenvalue weighted by Gasteiger charge is -2.29. The summed E-state index contributed by atoms with van der Waals surface area (Å²) in [5.74, 6) is -0.640. The summed E-state index contributed by atoms with van der Waals surface area (Å²) in [6.07, 6.45) is 3.59. The number of quaternary nitrogens is 1. The molecule has 0 spiro atoms. The van der Waals surface area contributed by atoms with Crippen LogP contribution < -0.4 is 0 Å². The van der Waals surface area contributed by atoms with Gasteiger partial charge in [0.25, 0.3) is 10.1 Å². The Balaban J connectivity index is 0. The third-order valence-corrected chi connectivity index (χ3v) is 3.11. The number of esters is 1. The molecule has 0 bridgehead atoms. The molecule has 0 aliphatic carbocycles. The predicted octanol–water partition coefficient (Wildman–Crippen LogP) is 0.283. The van der Waals surface area contributed by atoms with Crippen LogP contribution in [0.15, 0.2) is 12.2 Å². The minimum absolute atomic E-state index is 0. The van der Waals surface area contributed by atoms with Crippen molar-refractivity contribution in [3.05, 3.63) is 12.2 Å². The van der Waals surface area contributed by atoms with Crippen molar-refractivity contribution in [2.45, 2.75) is 13.3 Å². The van der Waals surface area contributed by atoms with Crippen LogP contribution in [0.3, 0.4) is 0 Å². The molecule has 0 unspecified atom stereocenters. The lowest BCUT2D eigenvalue weighted by atomic mass is 10.3. The van der Waals surface area contributed by atoms with Crippen molar-refractivity contribution in [2.24, 2.45) is 0 Å². The van der Waals surface area contributed by atoms with E-state index in [9.17, 15) is 13.2 Å². The van der Waals surface area contributed by atoms with E-state index in [1.165, 1.54) is 6.08 Å². The van der Waals surface area contributed by atoms with Crippen LogP contribution in [0.25, 0.3) is 0 Å². The second-order valence-corrected chi connectivity index (χ2v) is 6.26. The van der Waals surface area contributed by atoms with E-state index in [4.69, 9.17) is 9.29 Å². The maximum absolute atomic E-state index is 11.0. The molecule has 8 heteroatoms. The molecule has 0 heterocycles. The summed E-state index contributed by atoms with van der Waals surface area (Å²) < 4.78 is 35.3. The van der Waals surface area contributed by atoms with Crippen molar-refractivity contribution in [1.82, 2.24) is 0 Å². The van der Waals surface area contributed by atoms with Gasteiger partial charge >= 0.3 is 5.97 Å². The Bertz CT molecular complexity index is 388. The highest BCUT2D eigenvalue weighted by Crippen LogP contribution is 2.01. The number of nitrogens with zero attached hydrogens (tertiary/aromatic N) is 1. The van der Waals surface area contributed by atoms with E-state index in [0.29, 0.717) is 30.6 Å². The van der Waals surface area contributed by atoms with Crippen LogP contribution >= 0.6 is 0 Å². The molecule has 0 atom stereocenters. The maximum Gasteiger partial charge on any atom is 0.330 e. The Morgan fingerprint density at radius 2 is 1.89 bits per heavy atom. The lowest BCUT2D eigenvalue weighted by molar-refractivity contribution is -0.888. The topological polar surface area (TPSA) is 111 Å². The van der Waals surface area contributed by atoms with Crippen LogP contribution in [0, 0.1) is 0 Å². The fraction of sp³-hybridized carbons (Fsp3) is 0.727. The second-order valence-electron chi connectivity index (χ2n) is 4.69. The van der Waals surface area contributed by atoms with Gasteiger partial charge in [-0.2, -0.15) is 8.42 Å². The molecule has 0 aromatic carbocycles. The van der Waals surface area contributed by atoms with E-state index >= 15 is 0 Å². The molecule has 0 fully saturated rings. The first-order valence-corrected chi connectivity index (χ1v) is 7.34. The normalized spacial score (nSPS) is 12.2. The van der Waals surface area contributed by atoms with Gasteiger partial charge in [0, 0.05) is 12.5 Å². The van der Waals surface area contributed by atoms with Gasteiger partial charge in [0.15, 0.2) is 0 Å². The zero-order valence-corrected chi connectivity index (χ0v) is 12.4. The number of allylic oxidation sites excluding steroid dienone is 1. The first-order chi connectivity index (χ1) is 8.16. The third kappa shape index (κ3) is 13.3. The standard InChI is InChI=1S/C11H21NO5S.H2O/c1-4-6-11(13)17-9-5-7-12(2,3)8-10-18(14,15)16;/h4,6H,5,7-10H2,1-3H3;1H2. The summed E-state index contributed by atoms with van der Waals surface area (Å²) >= 11 is 0. The minimum Gasteiger partial charge on any atom is -0.870 e. The lowest BCUT2D eigenvalue weighted by Crippen LogP contribution is -2.44. The Labute approximate surface area is 114 Å². The van der Waals surface area contributed by atoms with Gasteiger partial charge in [-0.3, -0.25) is 4.55 Å². The molecule has 0 rings (SSSR count). The van der Waals surface area contributed by atoms with Gasteiger partial charge in [0.2, 0.25) is 0 Å². The highest BCUT2D eigenvalue weighted by Gasteiger charge is 2.18. The summed E-state index contributed by atoms with van der Waals surface area (Å²) in [5, 5.41) is 0. The van der Waals surface area contributed by atoms with Crippen molar-refractivity contribution >= 4 is 16.1 Å². The van der Waals surface area contributed by atoms with Gasteiger partial charge in [-0.05, 0) is 6.92 Å².